The SMILES string of the molecule is Cc1ccc(C(=O)NNC(=O)CSc2nnc(-c3ccc(Cl)cc3)n2-c2ccccc2)cc1. The van der Waals surface area contributed by atoms with E-state index in [1.165, 1.54) is 11.8 Å². The lowest BCUT2D eigenvalue weighted by molar-refractivity contribution is -0.119. The van der Waals surface area contributed by atoms with Crippen LogP contribution < -0.4 is 10.9 Å². The lowest BCUT2D eigenvalue weighted by atomic mass is 10.1. The number of nitrogens with zero attached hydrogens (tertiary/aromatic N) is 3. The van der Waals surface area contributed by atoms with Gasteiger partial charge in [0.05, 0.1) is 5.75 Å². The van der Waals surface area contributed by atoms with Gasteiger partial charge in [0.1, 0.15) is 0 Å². The minimum Gasteiger partial charge on any atom is -0.272 e. The summed E-state index contributed by atoms with van der Waals surface area (Å²) < 4.78 is 1.88. The van der Waals surface area contributed by atoms with Crippen molar-refractivity contribution in [2.45, 2.75) is 12.1 Å². The molecule has 4 aromatic rings. The Morgan fingerprint density at radius 1 is 0.909 bits per heavy atom. The molecule has 0 aliphatic rings. The van der Waals surface area contributed by atoms with Crippen molar-refractivity contribution >= 4 is 35.2 Å². The lowest BCUT2D eigenvalue weighted by Gasteiger charge is -2.11. The van der Waals surface area contributed by atoms with Crippen LogP contribution in [0.2, 0.25) is 5.02 Å². The predicted molar refractivity (Wildman–Crippen MR) is 129 cm³/mol. The molecule has 0 aliphatic heterocycles. The van der Waals surface area contributed by atoms with Gasteiger partial charge in [0.15, 0.2) is 11.0 Å². The molecule has 7 nitrogen and oxygen atoms in total. The Balaban J connectivity index is 1.46. The molecular formula is C24H20ClN5O2S. The maximum atomic E-state index is 12.3. The number of carbonyl (C=O) groups excluding carboxylic acids is 2. The minimum absolute atomic E-state index is 0.0414. The Morgan fingerprint density at radius 3 is 2.30 bits per heavy atom. The van der Waals surface area contributed by atoms with Crippen LogP contribution in [0, 0.1) is 6.92 Å². The van der Waals surface area contributed by atoms with E-state index in [0.29, 0.717) is 21.6 Å². The first-order valence-corrected chi connectivity index (χ1v) is 11.4. The van der Waals surface area contributed by atoms with Crippen molar-refractivity contribution < 1.29 is 9.59 Å². The molecule has 1 heterocycles. The zero-order chi connectivity index (χ0) is 23.2. The molecule has 33 heavy (non-hydrogen) atoms. The number of hydrogen-bond acceptors (Lipinski definition) is 5. The van der Waals surface area contributed by atoms with Crippen molar-refractivity contribution in [1.82, 2.24) is 25.6 Å². The van der Waals surface area contributed by atoms with Crippen LogP contribution in [0.1, 0.15) is 15.9 Å². The fraction of sp³-hybridized carbons (Fsp3) is 0.0833. The van der Waals surface area contributed by atoms with Crippen LogP contribution >= 0.6 is 23.4 Å². The standard InChI is InChI=1S/C24H20ClN5O2S/c1-16-7-9-18(10-8-16)23(32)28-26-21(31)15-33-24-29-27-22(17-11-13-19(25)14-12-17)30(24)20-5-3-2-4-6-20/h2-14H,15H2,1H3,(H,26,31)(H,28,32). The summed E-state index contributed by atoms with van der Waals surface area (Å²) in [5.41, 5.74) is 8.09. The molecule has 0 atom stereocenters. The molecule has 4 rings (SSSR count). The van der Waals surface area contributed by atoms with Crippen LogP contribution in [-0.4, -0.2) is 32.3 Å². The summed E-state index contributed by atoms with van der Waals surface area (Å²) in [5, 5.41) is 9.80. The van der Waals surface area contributed by atoms with E-state index in [2.05, 4.69) is 21.0 Å². The smallest absolute Gasteiger partial charge is 0.269 e. The number of aromatic nitrogens is 3. The largest absolute Gasteiger partial charge is 0.272 e. The molecule has 0 spiro atoms. The number of para-hydroxylation sites is 1. The third-order valence-corrected chi connectivity index (χ3v) is 5.89. The number of rotatable bonds is 6. The van der Waals surface area contributed by atoms with Crippen molar-refractivity contribution in [2.24, 2.45) is 0 Å². The summed E-state index contributed by atoms with van der Waals surface area (Å²) in [6, 6.07) is 24.0. The van der Waals surface area contributed by atoms with Gasteiger partial charge in [-0.1, -0.05) is 59.3 Å². The van der Waals surface area contributed by atoms with Crippen LogP contribution in [-0.2, 0) is 4.79 Å². The number of aryl methyl sites for hydroxylation is 1. The predicted octanol–water partition coefficient (Wildman–Crippen LogP) is 4.45. The van der Waals surface area contributed by atoms with E-state index < -0.39 is 0 Å². The third-order valence-electron chi connectivity index (χ3n) is 4.71. The van der Waals surface area contributed by atoms with Crippen LogP contribution in [0.15, 0.2) is 84.0 Å². The van der Waals surface area contributed by atoms with Gasteiger partial charge in [0.25, 0.3) is 5.91 Å². The Labute approximate surface area is 200 Å². The molecule has 3 aromatic carbocycles. The van der Waals surface area contributed by atoms with E-state index in [0.717, 1.165) is 16.8 Å². The molecule has 0 saturated heterocycles. The second-order valence-corrected chi connectivity index (χ2v) is 8.52. The topological polar surface area (TPSA) is 88.9 Å². The van der Waals surface area contributed by atoms with Crippen molar-refractivity contribution in [3.63, 3.8) is 0 Å². The Morgan fingerprint density at radius 2 is 1.61 bits per heavy atom. The highest BCUT2D eigenvalue weighted by atomic mass is 35.5. The van der Waals surface area contributed by atoms with E-state index in [1.807, 2.05) is 66.1 Å². The van der Waals surface area contributed by atoms with Crippen LogP contribution in [0.3, 0.4) is 0 Å². The van der Waals surface area contributed by atoms with E-state index in [9.17, 15) is 9.59 Å². The van der Waals surface area contributed by atoms with Gasteiger partial charge in [-0.15, -0.1) is 10.2 Å². The van der Waals surface area contributed by atoms with Gasteiger partial charge in [-0.05, 0) is 55.5 Å². The summed E-state index contributed by atoms with van der Waals surface area (Å²) in [4.78, 5) is 24.5. The Kier molecular flexibility index (Phi) is 7.07. The highest BCUT2D eigenvalue weighted by molar-refractivity contribution is 7.99. The highest BCUT2D eigenvalue weighted by Crippen LogP contribution is 2.28. The van der Waals surface area contributed by atoms with Crippen molar-refractivity contribution in [3.8, 4) is 17.1 Å². The zero-order valence-electron chi connectivity index (χ0n) is 17.7. The molecule has 166 valence electrons. The first-order valence-electron chi connectivity index (χ1n) is 10.1. The second kappa shape index (κ2) is 10.3. The summed E-state index contributed by atoms with van der Waals surface area (Å²) in [7, 11) is 0. The first-order chi connectivity index (χ1) is 16.0. The summed E-state index contributed by atoms with van der Waals surface area (Å²) in [6.07, 6.45) is 0. The number of thioether (sulfide) groups is 1. The molecular weight excluding hydrogens is 458 g/mol. The van der Waals surface area contributed by atoms with E-state index in [1.54, 1.807) is 24.3 Å². The molecule has 0 fully saturated rings. The highest BCUT2D eigenvalue weighted by Gasteiger charge is 2.17. The molecule has 1 aromatic heterocycles. The normalized spacial score (nSPS) is 10.6. The molecule has 2 amide bonds. The number of hydrogen-bond donors (Lipinski definition) is 2. The quantitative estimate of drug-likeness (QED) is 0.316. The second-order valence-electron chi connectivity index (χ2n) is 7.14. The minimum atomic E-state index is -0.383. The fourth-order valence-corrected chi connectivity index (χ4v) is 3.91. The van der Waals surface area contributed by atoms with Gasteiger partial charge in [-0.25, -0.2) is 0 Å². The van der Waals surface area contributed by atoms with Gasteiger partial charge in [-0.2, -0.15) is 0 Å². The van der Waals surface area contributed by atoms with Crippen LogP contribution in [0.25, 0.3) is 17.1 Å². The average Bonchev–Trinajstić information content (AvgIpc) is 3.26. The molecule has 9 heteroatoms. The number of amides is 2. The molecule has 0 saturated carbocycles. The maximum Gasteiger partial charge on any atom is 0.269 e. The van der Waals surface area contributed by atoms with Gasteiger partial charge in [0, 0.05) is 21.8 Å². The molecule has 0 radical (unpaired) electrons. The van der Waals surface area contributed by atoms with Gasteiger partial charge < -0.3 is 0 Å². The number of benzene rings is 3. The van der Waals surface area contributed by atoms with E-state index in [-0.39, 0.29) is 17.6 Å². The number of hydrazine groups is 1. The Hall–Kier alpha value is -3.62. The summed E-state index contributed by atoms with van der Waals surface area (Å²) in [6.45, 7) is 1.94. The van der Waals surface area contributed by atoms with Crippen molar-refractivity contribution in [1.29, 1.82) is 0 Å². The monoisotopic (exact) mass is 477 g/mol. The lowest BCUT2D eigenvalue weighted by Crippen LogP contribution is -2.42. The molecule has 2 N–H and O–H groups in total. The van der Waals surface area contributed by atoms with Crippen LogP contribution in [0.5, 0.6) is 0 Å². The van der Waals surface area contributed by atoms with Gasteiger partial charge in [-0.3, -0.25) is 25.0 Å². The van der Waals surface area contributed by atoms with Crippen molar-refractivity contribution in [3.05, 3.63) is 95.0 Å². The molecule has 0 unspecified atom stereocenters. The van der Waals surface area contributed by atoms with Gasteiger partial charge >= 0.3 is 0 Å². The zero-order valence-corrected chi connectivity index (χ0v) is 19.2. The first kappa shape index (κ1) is 22.6. The van der Waals surface area contributed by atoms with Crippen molar-refractivity contribution in [2.75, 3.05) is 5.75 Å². The Bertz CT molecular complexity index is 1260. The average molecular weight is 478 g/mol. The third kappa shape index (κ3) is 5.60. The maximum absolute atomic E-state index is 12.3. The fourth-order valence-electron chi connectivity index (χ4n) is 3.03. The number of halogens is 1. The molecule has 0 bridgehead atoms. The number of carbonyl (C=O) groups is 2. The van der Waals surface area contributed by atoms with E-state index in [4.69, 9.17) is 11.6 Å². The summed E-state index contributed by atoms with van der Waals surface area (Å²) >= 11 is 7.24. The van der Waals surface area contributed by atoms with E-state index >= 15 is 0 Å². The number of nitrogens with one attached hydrogen (secondary N) is 2. The van der Waals surface area contributed by atoms with Crippen LogP contribution in [0.4, 0.5) is 0 Å². The molecule has 0 aliphatic carbocycles. The summed E-state index contributed by atoms with van der Waals surface area (Å²) in [5.74, 6) is -0.0739. The van der Waals surface area contributed by atoms with Gasteiger partial charge in [0.2, 0.25) is 5.91 Å².